The average Bonchev–Trinajstić information content (AvgIpc) is 3.77. The van der Waals surface area contributed by atoms with Crippen molar-refractivity contribution < 1.29 is 0 Å². The third kappa shape index (κ3) is 7.22. The van der Waals surface area contributed by atoms with Crippen LogP contribution in [-0.4, -0.2) is 4.57 Å². The third-order valence-electron chi connectivity index (χ3n) is 14.0. The van der Waals surface area contributed by atoms with Crippen molar-refractivity contribution in [2.24, 2.45) is 0 Å². The Morgan fingerprint density at radius 3 is 1.30 bits per heavy atom. The van der Waals surface area contributed by atoms with Gasteiger partial charge in [-0.25, -0.2) is 0 Å². The highest BCUT2D eigenvalue weighted by molar-refractivity contribution is 6.10. The van der Waals surface area contributed by atoms with E-state index in [4.69, 9.17) is 0 Å². The van der Waals surface area contributed by atoms with Crippen LogP contribution in [0.15, 0.2) is 279 Å². The van der Waals surface area contributed by atoms with E-state index in [0.717, 1.165) is 67.3 Å². The summed E-state index contributed by atoms with van der Waals surface area (Å²) in [5.41, 5.74) is 18.3. The van der Waals surface area contributed by atoms with Crippen molar-refractivity contribution in [2.75, 3.05) is 4.90 Å². The number of nitrogens with zero attached hydrogens (tertiary/aromatic N) is 2. The van der Waals surface area contributed by atoms with Gasteiger partial charge in [0.1, 0.15) is 0 Å². The lowest BCUT2D eigenvalue weighted by molar-refractivity contribution is 1.18. The van der Waals surface area contributed by atoms with Crippen LogP contribution in [0.1, 0.15) is 0 Å². The summed E-state index contributed by atoms with van der Waals surface area (Å²) in [6, 6.07) is 102. The van der Waals surface area contributed by atoms with Crippen LogP contribution in [0.2, 0.25) is 0 Å². The summed E-state index contributed by atoms with van der Waals surface area (Å²) in [4.78, 5) is 2.49. The number of hydrogen-bond acceptors (Lipinski definition) is 1. The second-order valence-electron chi connectivity index (χ2n) is 18.1. The van der Waals surface area contributed by atoms with Gasteiger partial charge in [-0.05, 0) is 121 Å². The number of fused-ring (bicyclic) bond motifs is 5. The molecule has 2 nitrogen and oxygen atoms in total. The minimum Gasteiger partial charge on any atom is -0.309 e. The van der Waals surface area contributed by atoms with Crippen molar-refractivity contribution in [3.63, 3.8) is 0 Å². The maximum Gasteiger partial charge on any atom is 0.0541 e. The lowest BCUT2D eigenvalue weighted by atomic mass is 9.90. The van der Waals surface area contributed by atoms with Gasteiger partial charge < -0.3 is 9.47 Å². The summed E-state index contributed by atoms with van der Waals surface area (Å²) < 4.78 is 2.46. The number of hydrogen-bond donors (Lipinski definition) is 0. The maximum absolute atomic E-state index is 2.49. The maximum atomic E-state index is 2.49. The molecule has 0 aliphatic heterocycles. The van der Waals surface area contributed by atoms with Crippen LogP contribution in [0.4, 0.5) is 17.1 Å². The molecular formula is C68H46N2. The van der Waals surface area contributed by atoms with Crippen LogP contribution in [0, 0.1) is 0 Å². The average molecular weight is 891 g/mol. The molecule has 0 saturated carbocycles. The molecule has 2 heteroatoms. The summed E-state index contributed by atoms with van der Waals surface area (Å²) in [7, 11) is 0. The van der Waals surface area contributed by atoms with E-state index in [1.165, 1.54) is 54.5 Å². The van der Waals surface area contributed by atoms with Crippen molar-refractivity contribution in [3.8, 4) is 61.3 Å². The van der Waals surface area contributed by atoms with E-state index in [-0.39, 0.29) is 0 Å². The van der Waals surface area contributed by atoms with E-state index in [0.29, 0.717) is 0 Å². The molecule has 13 aromatic rings. The molecule has 0 fully saturated rings. The van der Waals surface area contributed by atoms with Gasteiger partial charge in [0.25, 0.3) is 0 Å². The normalized spacial score (nSPS) is 11.4. The zero-order valence-corrected chi connectivity index (χ0v) is 38.5. The van der Waals surface area contributed by atoms with Crippen molar-refractivity contribution in [1.82, 2.24) is 4.57 Å². The molecule has 0 unspecified atom stereocenters. The minimum atomic E-state index is 1.06. The van der Waals surface area contributed by atoms with Crippen LogP contribution < -0.4 is 4.90 Å². The molecule has 12 aromatic carbocycles. The molecular weight excluding hydrogens is 845 g/mol. The lowest BCUT2D eigenvalue weighted by Gasteiger charge is -2.31. The molecule has 328 valence electrons. The Balaban J connectivity index is 1.09. The zero-order chi connectivity index (χ0) is 46.4. The van der Waals surface area contributed by atoms with Crippen LogP contribution >= 0.6 is 0 Å². The van der Waals surface area contributed by atoms with Crippen molar-refractivity contribution in [2.45, 2.75) is 0 Å². The fraction of sp³-hybridized carbons (Fsp3) is 0. The number of aromatic nitrogens is 1. The molecule has 13 rings (SSSR count). The summed E-state index contributed by atoms with van der Waals surface area (Å²) >= 11 is 0. The third-order valence-corrected chi connectivity index (χ3v) is 14.0. The fourth-order valence-corrected chi connectivity index (χ4v) is 10.6. The SMILES string of the molecule is c1ccc(-c2ccc(-n3c4ccccc4c4ccccc43)c(-c3ccc(N(c4ccccc4-c4ccc5ccccc5c4)c4ccccc4-c4ccc5ccccc5c4)cc3-c3ccccc3)c2)cc1. The number of rotatable bonds is 9. The Morgan fingerprint density at radius 1 is 0.243 bits per heavy atom. The van der Waals surface area contributed by atoms with Gasteiger partial charge in [0.2, 0.25) is 0 Å². The molecule has 0 amide bonds. The van der Waals surface area contributed by atoms with Gasteiger partial charge >= 0.3 is 0 Å². The molecule has 1 heterocycles. The van der Waals surface area contributed by atoms with Gasteiger partial charge in [0.15, 0.2) is 0 Å². The van der Waals surface area contributed by atoms with Gasteiger partial charge in [-0.3, -0.25) is 0 Å². The van der Waals surface area contributed by atoms with Crippen LogP contribution in [-0.2, 0) is 0 Å². The van der Waals surface area contributed by atoms with E-state index < -0.39 is 0 Å². The Bertz CT molecular complexity index is 3890. The highest BCUT2D eigenvalue weighted by Gasteiger charge is 2.24. The highest BCUT2D eigenvalue weighted by Crippen LogP contribution is 2.49. The van der Waals surface area contributed by atoms with Crippen molar-refractivity contribution in [1.29, 1.82) is 0 Å². The molecule has 0 N–H and O–H groups in total. The quantitative estimate of drug-likeness (QED) is 0.140. The second-order valence-corrected chi connectivity index (χ2v) is 18.1. The van der Waals surface area contributed by atoms with Crippen LogP contribution in [0.3, 0.4) is 0 Å². The Kier molecular flexibility index (Phi) is 10.2. The molecule has 0 saturated heterocycles. The largest absolute Gasteiger partial charge is 0.309 e. The van der Waals surface area contributed by atoms with Crippen LogP contribution in [0.5, 0.6) is 0 Å². The van der Waals surface area contributed by atoms with Gasteiger partial charge in [0.05, 0.1) is 28.1 Å². The van der Waals surface area contributed by atoms with E-state index in [1.807, 2.05) is 0 Å². The number of benzene rings is 12. The first-order valence-corrected chi connectivity index (χ1v) is 24.1. The smallest absolute Gasteiger partial charge is 0.0541 e. The topological polar surface area (TPSA) is 8.17 Å². The Morgan fingerprint density at radius 2 is 0.714 bits per heavy atom. The molecule has 0 radical (unpaired) electrons. The van der Waals surface area contributed by atoms with Gasteiger partial charge in [-0.2, -0.15) is 0 Å². The van der Waals surface area contributed by atoms with Crippen molar-refractivity contribution >= 4 is 60.4 Å². The van der Waals surface area contributed by atoms with Gasteiger partial charge in [0, 0.05) is 33.2 Å². The van der Waals surface area contributed by atoms with E-state index in [9.17, 15) is 0 Å². The molecule has 0 aliphatic rings. The zero-order valence-electron chi connectivity index (χ0n) is 38.5. The van der Waals surface area contributed by atoms with Crippen molar-refractivity contribution in [3.05, 3.63) is 279 Å². The molecule has 0 atom stereocenters. The van der Waals surface area contributed by atoms with E-state index in [2.05, 4.69) is 289 Å². The summed E-state index contributed by atoms with van der Waals surface area (Å²) in [6.07, 6.45) is 0. The van der Waals surface area contributed by atoms with Gasteiger partial charge in [-0.15, -0.1) is 0 Å². The summed E-state index contributed by atoms with van der Waals surface area (Å²) in [5, 5.41) is 7.35. The first-order valence-electron chi connectivity index (χ1n) is 24.1. The standard InChI is InChI=1S/C68H46N2/c1-3-19-47(20-4-1)53-39-42-68(70-66-33-17-13-29-60(66)61-30-14-18-34-67(61)70)63(45-53)59-41-40-56(46-62(59)50-23-5-2-6-24-50)69(64-31-15-11-27-57(64)54-37-35-48-21-7-9-25-51(48)43-54)65-32-16-12-28-58(65)55-38-36-49-22-8-10-26-52(49)44-55/h1-46H. The first kappa shape index (κ1) is 41.0. The molecule has 1 aromatic heterocycles. The predicted molar refractivity (Wildman–Crippen MR) is 298 cm³/mol. The second kappa shape index (κ2) is 17.4. The van der Waals surface area contributed by atoms with Crippen LogP contribution in [0.25, 0.3) is 105 Å². The fourth-order valence-electron chi connectivity index (χ4n) is 10.6. The highest BCUT2D eigenvalue weighted by atomic mass is 15.1. The predicted octanol–water partition coefficient (Wildman–Crippen LogP) is 18.9. The molecule has 70 heavy (non-hydrogen) atoms. The Labute approximate surface area is 408 Å². The minimum absolute atomic E-state index is 1.06. The van der Waals surface area contributed by atoms with E-state index >= 15 is 0 Å². The Hall–Kier alpha value is -9.24. The molecule has 0 bridgehead atoms. The first-order chi connectivity index (χ1) is 34.7. The molecule has 0 aliphatic carbocycles. The lowest BCUT2D eigenvalue weighted by Crippen LogP contribution is -2.13. The number of anilines is 3. The summed E-state index contributed by atoms with van der Waals surface area (Å²) in [6.45, 7) is 0. The number of para-hydroxylation sites is 4. The van der Waals surface area contributed by atoms with E-state index in [1.54, 1.807) is 0 Å². The monoisotopic (exact) mass is 890 g/mol. The van der Waals surface area contributed by atoms with Gasteiger partial charge in [-0.1, -0.05) is 218 Å². The summed E-state index contributed by atoms with van der Waals surface area (Å²) in [5.74, 6) is 0. The molecule has 0 spiro atoms.